The first kappa shape index (κ1) is 20.5. The summed E-state index contributed by atoms with van der Waals surface area (Å²) in [7, 11) is -0.124. The Balaban J connectivity index is 1.69. The zero-order valence-corrected chi connectivity index (χ0v) is 21.0. The van der Waals surface area contributed by atoms with Crippen LogP contribution in [0.3, 0.4) is 0 Å². The molecule has 3 aromatic rings. The molecule has 0 heterocycles. The van der Waals surface area contributed by atoms with Crippen LogP contribution >= 0.6 is 45.2 Å². The topological polar surface area (TPSA) is 9.23 Å². The lowest BCUT2D eigenvalue weighted by Crippen LogP contribution is -2.27. The fraction of sp³-hybridized carbons (Fsp3) is 0.250. The Bertz CT molecular complexity index is 935. The predicted molar refractivity (Wildman–Crippen MR) is 134 cm³/mol. The quantitative estimate of drug-likeness (QED) is 0.212. The molecule has 1 aliphatic rings. The van der Waals surface area contributed by atoms with Crippen molar-refractivity contribution in [3.63, 3.8) is 0 Å². The zero-order chi connectivity index (χ0) is 19.6. The van der Waals surface area contributed by atoms with Crippen molar-refractivity contribution < 1.29 is 4.74 Å². The molecule has 3 aromatic carbocycles. The van der Waals surface area contributed by atoms with Gasteiger partial charge < -0.3 is 4.74 Å². The maximum absolute atomic E-state index is 6.35. The predicted octanol–water partition coefficient (Wildman–Crippen LogP) is 7.70. The summed E-state index contributed by atoms with van der Waals surface area (Å²) < 4.78 is 8.94. The highest BCUT2D eigenvalue weighted by Gasteiger charge is 2.33. The van der Waals surface area contributed by atoms with E-state index in [-0.39, 0.29) is 16.5 Å². The van der Waals surface area contributed by atoms with Crippen LogP contribution < -0.4 is 4.74 Å². The van der Waals surface area contributed by atoms with Crippen LogP contribution in [-0.4, -0.2) is 5.60 Å². The second-order valence-electron chi connectivity index (χ2n) is 7.42. The molecule has 0 radical (unpaired) electrons. The maximum atomic E-state index is 6.35. The molecule has 144 valence electrons. The molecule has 1 nitrogen and oxygen atoms in total. The molecule has 1 aliphatic carbocycles. The summed E-state index contributed by atoms with van der Waals surface area (Å²) in [5.74, 6) is 0.988. The van der Waals surface area contributed by atoms with Gasteiger partial charge in [0.2, 0.25) is 0 Å². The summed E-state index contributed by atoms with van der Waals surface area (Å²) in [6.07, 6.45) is 4.86. The minimum Gasteiger partial charge on any atom is -0.488 e. The number of ether oxygens (including phenoxy) is 1. The molecule has 1 atom stereocenters. The lowest BCUT2D eigenvalue weighted by Gasteiger charge is -2.25. The van der Waals surface area contributed by atoms with Gasteiger partial charge in [0, 0.05) is 3.57 Å². The minimum atomic E-state index is -0.124. The van der Waals surface area contributed by atoms with Gasteiger partial charge in [-0.05, 0) is 132 Å². The van der Waals surface area contributed by atoms with Crippen LogP contribution in [0.1, 0.15) is 32.6 Å². The van der Waals surface area contributed by atoms with E-state index in [1.807, 2.05) is 0 Å². The van der Waals surface area contributed by atoms with Crippen LogP contribution in [-0.2, 0) is 10.9 Å². The molecule has 4 rings (SSSR count). The van der Waals surface area contributed by atoms with Gasteiger partial charge in [0.05, 0.1) is 3.57 Å². The van der Waals surface area contributed by atoms with Crippen molar-refractivity contribution in [3.8, 4) is 5.75 Å². The standard InChI is InChI=1S/C24H23I2OS/c1-24(15-5-6-16-24)27-19-10-12-21(13-11-19)28(20-7-3-2-4-8-20)23-14-9-18(25)17-22(23)26/h2-4,7-14,17H,5-6,15-16H2,1H3/q+1. The Morgan fingerprint density at radius 1 is 0.821 bits per heavy atom. The normalized spacial score (nSPS) is 16.7. The van der Waals surface area contributed by atoms with E-state index < -0.39 is 0 Å². The van der Waals surface area contributed by atoms with E-state index in [9.17, 15) is 0 Å². The minimum absolute atomic E-state index is 0.00806. The third kappa shape index (κ3) is 4.70. The first-order valence-electron chi connectivity index (χ1n) is 9.58. The summed E-state index contributed by atoms with van der Waals surface area (Å²) in [4.78, 5) is 4.05. The van der Waals surface area contributed by atoms with Crippen molar-refractivity contribution in [1.29, 1.82) is 0 Å². The zero-order valence-electron chi connectivity index (χ0n) is 15.8. The van der Waals surface area contributed by atoms with E-state index in [0.29, 0.717) is 0 Å². The van der Waals surface area contributed by atoms with Crippen LogP contribution in [0.4, 0.5) is 0 Å². The molecule has 0 N–H and O–H groups in total. The molecular formula is C24H23I2OS+. The average molecular weight is 613 g/mol. The second-order valence-corrected chi connectivity index (χ2v) is 11.8. The molecule has 28 heavy (non-hydrogen) atoms. The molecule has 0 amide bonds. The van der Waals surface area contributed by atoms with Gasteiger partial charge in [0.1, 0.15) is 22.2 Å². The Kier molecular flexibility index (Phi) is 6.57. The SMILES string of the molecule is CC1(Oc2ccc([S+](c3ccccc3)c3ccc(I)cc3I)cc2)CCCC1. The summed E-state index contributed by atoms with van der Waals surface area (Å²) in [5, 5.41) is 0. The van der Waals surface area contributed by atoms with Crippen LogP contribution in [0.15, 0.2) is 87.5 Å². The van der Waals surface area contributed by atoms with Crippen molar-refractivity contribution in [2.45, 2.75) is 52.9 Å². The fourth-order valence-corrected chi connectivity index (χ4v) is 8.08. The first-order valence-corrected chi connectivity index (χ1v) is 13.0. The van der Waals surface area contributed by atoms with Crippen molar-refractivity contribution in [3.05, 3.63) is 79.9 Å². The Hall–Kier alpha value is -0.730. The van der Waals surface area contributed by atoms with Gasteiger partial charge in [-0.3, -0.25) is 0 Å². The number of hydrogen-bond acceptors (Lipinski definition) is 1. The molecule has 0 aliphatic heterocycles. The number of benzene rings is 3. The molecule has 4 heteroatoms. The van der Waals surface area contributed by atoms with E-state index >= 15 is 0 Å². The van der Waals surface area contributed by atoms with Gasteiger partial charge in [-0.1, -0.05) is 18.2 Å². The van der Waals surface area contributed by atoms with Crippen LogP contribution in [0.25, 0.3) is 0 Å². The van der Waals surface area contributed by atoms with Gasteiger partial charge in [-0.25, -0.2) is 0 Å². The van der Waals surface area contributed by atoms with Crippen molar-refractivity contribution in [2.75, 3.05) is 0 Å². The lowest BCUT2D eigenvalue weighted by atomic mass is 10.1. The van der Waals surface area contributed by atoms with E-state index in [2.05, 4.69) is 125 Å². The van der Waals surface area contributed by atoms with E-state index in [1.165, 1.54) is 34.7 Å². The average Bonchev–Trinajstić information content (AvgIpc) is 3.12. The second kappa shape index (κ2) is 8.96. The third-order valence-corrected chi connectivity index (χ3v) is 9.39. The van der Waals surface area contributed by atoms with Crippen molar-refractivity contribution in [2.24, 2.45) is 0 Å². The molecule has 0 aromatic heterocycles. The summed E-state index contributed by atoms with van der Waals surface area (Å²) >= 11 is 4.86. The van der Waals surface area contributed by atoms with Gasteiger partial charge in [-0.2, -0.15) is 0 Å². The Morgan fingerprint density at radius 2 is 1.46 bits per heavy atom. The summed E-state index contributed by atoms with van der Waals surface area (Å²) in [6.45, 7) is 2.25. The number of halogens is 2. The molecule has 0 bridgehead atoms. The highest BCUT2D eigenvalue weighted by atomic mass is 127. The molecule has 1 saturated carbocycles. The van der Waals surface area contributed by atoms with Gasteiger partial charge in [-0.15, -0.1) is 0 Å². The smallest absolute Gasteiger partial charge is 0.179 e. The summed E-state index contributed by atoms with van der Waals surface area (Å²) in [5.41, 5.74) is 0.00806. The van der Waals surface area contributed by atoms with Gasteiger partial charge >= 0.3 is 0 Å². The highest BCUT2D eigenvalue weighted by molar-refractivity contribution is 14.1. The number of hydrogen-bond donors (Lipinski definition) is 0. The fourth-order valence-electron chi connectivity index (χ4n) is 3.74. The van der Waals surface area contributed by atoms with Crippen molar-refractivity contribution in [1.82, 2.24) is 0 Å². The van der Waals surface area contributed by atoms with Crippen LogP contribution in [0.5, 0.6) is 5.75 Å². The Morgan fingerprint density at radius 3 is 2.11 bits per heavy atom. The van der Waals surface area contributed by atoms with Crippen LogP contribution in [0, 0.1) is 7.14 Å². The highest BCUT2D eigenvalue weighted by Crippen LogP contribution is 2.37. The molecular weight excluding hydrogens is 590 g/mol. The Labute approximate surface area is 197 Å². The largest absolute Gasteiger partial charge is 0.488 e. The van der Waals surface area contributed by atoms with E-state index in [1.54, 1.807) is 0 Å². The van der Waals surface area contributed by atoms with E-state index in [4.69, 9.17) is 4.74 Å². The third-order valence-electron chi connectivity index (χ3n) is 5.18. The van der Waals surface area contributed by atoms with Crippen molar-refractivity contribution >= 4 is 56.1 Å². The molecule has 0 spiro atoms. The summed E-state index contributed by atoms with van der Waals surface area (Å²) in [6, 6.07) is 26.4. The lowest BCUT2D eigenvalue weighted by molar-refractivity contribution is 0.0967. The van der Waals surface area contributed by atoms with Gasteiger partial charge in [0.15, 0.2) is 14.7 Å². The molecule has 0 saturated heterocycles. The molecule has 1 fully saturated rings. The maximum Gasteiger partial charge on any atom is 0.179 e. The van der Waals surface area contributed by atoms with Crippen LogP contribution in [0.2, 0.25) is 0 Å². The first-order chi connectivity index (χ1) is 13.5. The monoisotopic (exact) mass is 613 g/mol. The van der Waals surface area contributed by atoms with Gasteiger partial charge in [0.25, 0.3) is 0 Å². The molecule has 1 unspecified atom stereocenters. The van der Waals surface area contributed by atoms with E-state index in [0.717, 1.165) is 18.6 Å². The number of rotatable bonds is 5.